The Bertz CT molecular complexity index is 1500. The zero-order chi connectivity index (χ0) is 26.2. The first kappa shape index (κ1) is 24.0. The molecule has 1 aliphatic rings. The second-order valence-corrected chi connectivity index (χ2v) is 8.65. The van der Waals surface area contributed by atoms with Crippen LogP contribution in [0.3, 0.4) is 0 Å². The molecule has 1 atom stereocenters. The van der Waals surface area contributed by atoms with Gasteiger partial charge >= 0.3 is 0 Å². The van der Waals surface area contributed by atoms with Crippen molar-refractivity contribution in [3.63, 3.8) is 0 Å². The van der Waals surface area contributed by atoms with Gasteiger partial charge in [0.15, 0.2) is 5.76 Å². The van der Waals surface area contributed by atoms with Gasteiger partial charge in [-0.25, -0.2) is 15.0 Å². The van der Waals surface area contributed by atoms with Crippen LogP contribution in [0.5, 0.6) is 0 Å². The fraction of sp³-hybridized carbons (Fsp3) is 0.240. The number of pyridine rings is 2. The number of likely N-dealkylation sites (tertiary alicyclic amines) is 1. The fourth-order valence-electron chi connectivity index (χ4n) is 4.00. The maximum Gasteiger partial charge on any atom is 0.262 e. The summed E-state index contributed by atoms with van der Waals surface area (Å²) < 4.78 is 5.34. The van der Waals surface area contributed by atoms with Crippen LogP contribution in [0.2, 0.25) is 0 Å². The monoisotopic (exact) mass is 500 g/mol. The van der Waals surface area contributed by atoms with E-state index in [0.717, 1.165) is 0 Å². The van der Waals surface area contributed by atoms with Crippen LogP contribution in [0, 0.1) is 6.92 Å². The maximum absolute atomic E-state index is 12.4. The molecule has 0 aromatic carbocycles. The average molecular weight is 501 g/mol. The Kier molecular flexibility index (Phi) is 6.09. The first-order chi connectivity index (χ1) is 17.8. The summed E-state index contributed by atoms with van der Waals surface area (Å²) in [6.07, 6.45) is 3.32. The zero-order valence-corrected chi connectivity index (χ0v) is 20.4. The van der Waals surface area contributed by atoms with Crippen LogP contribution < -0.4 is 10.6 Å². The van der Waals surface area contributed by atoms with E-state index in [4.69, 9.17) is 4.52 Å². The molecule has 5 rings (SSSR count). The van der Waals surface area contributed by atoms with Crippen LogP contribution >= 0.6 is 0 Å². The van der Waals surface area contributed by atoms with E-state index in [9.17, 15) is 14.7 Å². The average Bonchev–Trinajstić information content (AvgIpc) is 3.52. The van der Waals surface area contributed by atoms with Gasteiger partial charge in [-0.05, 0) is 31.2 Å². The van der Waals surface area contributed by atoms with Crippen molar-refractivity contribution < 1.29 is 19.2 Å². The lowest BCUT2D eigenvalue weighted by molar-refractivity contribution is -0.144. The first-order valence-electron chi connectivity index (χ1n) is 11.5. The third-order valence-electron chi connectivity index (χ3n) is 6.18. The molecule has 0 saturated carbocycles. The smallest absolute Gasteiger partial charge is 0.262 e. The summed E-state index contributed by atoms with van der Waals surface area (Å²) in [5.41, 5.74) is 1.92. The van der Waals surface area contributed by atoms with Gasteiger partial charge in [-0.2, -0.15) is 0 Å². The molecule has 0 aliphatic carbocycles. The van der Waals surface area contributed by atoms with Gasteiger partial charge in [-0.3, -0.25) is 14.6 Å². The summed E-state index contributed by atoms with van der Waals surface area (Å²) in [7, 11) is 3.18. The largest absolute Gasteiger partial charge is 0.373 e. The summed E-state index contributed by atoms with van der Waals surface area (Å²) >= 11 is 0. The number of aliphatic hydroxyl groups is 1. The Morgan fingerprint density at radius 2 is 1.86 bits per heavy atom. The van der Waals surface area contributed by atoms with Crippen LogP contribution in [0.25, 0.3) is 22.8 Å². The van der Waals surface area contributed by atoms with Gasteiger partial charge < -0.3 is 25.2 Å². The van der Waals surface area contributed by atoms with Gasteiger partial charge in [0, 0.05) is 45.5 Å². The number of amides is 2. The number of aromatic nitrogens is 5. The highest BCUT2D eigenvalue weighted by Gasteiger charge is 2.48. The Balaban J connectivity index is 1.41. The molecule has 188 valence electrons. The number of anilines is 2. The van der Waals surface area contributed by atoms with Crippen molar-refractivity contribution in [1.29, 1.82) is 0 Å². The summed E-state index contributed by atoms with van der Waals surface area (Å²) in [4.78, 5) is 43.6. The Morgan fingerprint density at radius 3 is 2.59 bits per heavy atom. The van der Waals surface area contributed by atoms with E-state index < -0.39 is 11.5 Å². The lowest BCUT2D eigenvalue weighted by Gasteiger charge is -2.16. The molecule has 3 N–H and O–H groups in total. The Morgan fingerprint density at radius 1 is 1.11 bits per heavy atom. The Hall–Kier alpha value is -4.71. The molecule has 12 heteroatoms. The molecule has 4 aromatic rings. The molecule has 12 nitrogen and oxygen atoms in total. The van der Waals surface area contributed by atoms with E-state index in [-0.39, 0.29) is 18.1 Å². The highest BCUT2D eigenvalue weighted by molar-refractivity contribution is 5.94. The minimum atomic E-state index is -1.73. The normalized spacial score (nSPS) is 17.2. The van der Waals surface area contributed by atoms with Crippen LogP contribution in [0.1, 0.15) is 28.2 Å². The summed E-state index contributed by atoms with van der Waals surface area (Å²) in [5.74, 6) is -0.290. The van der Waals surface area contributed by atoms with Crippen LogP contribution in [-0.4, -0.2) is 67.6 Å². The van der Waals surface area contributed by atoms with Crippen LogP contribution in [0.4, 0.5) is 11.6 Å². The number of carbonyl (C=O) groups excluding carboxylic acids is 2. The standard InChI is InChI=1S/C25H24N8O4/c1-14-19(11-15(13-28-14)22(34)26-2)31-24-27-9-7-18(30-24)16-5-4-6-17(29-16)20-12-21(37-32-20)25(36)8-10-33(3)23(25)35/h4-7,9,11-13,36H,8,10H2,1-3H3,(H,26,34)(H,27,30,31)/t25-/m1/s1. The molecule has 1 fully saturated rings. The topological polar surface area (TPSA) is 159 Å². The first-order valence-corrected chi connectivity index (χ1v) is 11.5. The number of aryl methyl sites for hydroxylation is 1. The van der Waals surface area contributed by atoms with E-state index in [2.05, 4.69) is 35.7 Å². The van der Waals surface area contributed by atoms with Crippen molar-refractivity contribution >= 4 is 23.5 Å². The number of hydrogen-bond donors (Lipinski definition) is 3. The molecule has 0 radical (unpaired) electrons. The molecule has 1 aliphatic heterocycles. The third kappa shape index (κ3) is 4.49. The predicted octanol–water partition coefficient (Wildman–Crippen LogP) is 2.05. The van der Waals surface area contributed by atoms with Crippen LogP contribution in [0.15, 0.2) is 53.3 Å². The van der Waals surface area contributed by atoms with Crippen molar-refractivity contribution in [1.82, 2.24) is 35.3 Å². The minimum absolute atomic E-state index is 0.0838. The summed E-state index contributed by atoms with van der Waals surface area (Å²) in [5, 5.41) is 20.5. The highest BCUT2D eigenvalue weighted by atomic mass is 16.5. The third-order valence-corrected chi connectivity index (χ3v) is 6.18. The van der Waals surface area contributed by atoms with Crippen molar-refractivity contribution in [2.45, 2.75) is 18.9 Å². The molecule has 0 unspecified atom stereocenters. The minimum Gasteiger partial charge on any atom is -0.373 e. The van der Waals surface area contributed by atoms with Crippen molar-refractivity contribution in [2.24, 2.45) is 0 Å². The lowest BCUT2D eigenvalue weighted by atomic mass is 9.98. The van der Waals surface area contributed by atoms with E-state index in [1.165, 1.54) is 17.2 Å². The maximum atomic E-state index is 12.4. The zero-order valence-electron chi connectivity index (χ0n) is 20.4. The summed E-state index contributed by atoms with van der Waals surface area (Å²) in [6, 6.07) is 10.3. The van der Waals surface area contributed by atoms with Crippen LogP contribution in [-0.2, 0) is 10.4 Å². The number of carbonyl (C=O) groups is 2. The predicted molar refractivity (Wildman–Crippen MR) is 133 cm³/mol. The van der Waals surface area contributed by atoms with Crippen molar-refractivity contribution in [3.8, 4) is 22.8 Å². The number of hydrogen-bond acceptors (Lipinski definition) is 10. The SMILES string of the molecule is CNC(=O)c1cnc(C)c(Nc2nccc(-c3cccc(-c4cc([C@]5(O)CCN(C)C5=O)on4)n3)n2)c1. The van der Waals surface area contributed by atoms with Gasteiger partial charge in [0.1, 0.15) is 5.69 Å². The molecule has 2 amide bonds. The molecular weight excluding hydrogens is 476 g/mol. The van der Waals surface area contributed by atoms with E-state index >= 15 is 0 Å². The summed E-state index contributed by atoms with van der Waals surface area (Å²) in [6.45, 7) is 2.24. The molecule has 5 heterocycles. The fourth-order valence-corrected chi connectivity index (χ4v) is 4.00. The Labute approximate surface area is 211 Å². The van der Waals surface area contributed by atoms with Gasteiger partial charge in [0.25, 0.3) is 11.8 Å². The molecule has 1 saturated heterocycles. The van der Waals surface area contributed by atoms with E-state index in [1.54, 1.807) is 50.6 Å². The molecular formula is C25H24N8O4. The second kappa shape index (κ2) is 9.39. The number of likely N-dealkylation sites (N-methyl/N-ethyl adjacent to an activating group) is 1. The molecule has 37 heavy (non-hydrogen) atoms. The van der Waals surface area contributed by atoms with Crippen molar-refractivity contribution in [2.75, 3.05) is 26.0 Å². The van der Waals surface area contributed by atoms with Gasteiger partial charge in [0.05, 0.1) is 34.0 Å². The van der Waals surface area contributed by atoms with Gasteiger partial charge in [-0.1, -0.05) is 11.2 Å². The highest BCUT2D eigenvalue weighted by Crippen LogP contribution is 2.34. The lowest BCUT2D eigenvalue weighted by Crippen LogP contribution is -2.35. The second-order valence-electron chi connectivity index (χ2n) is 8.65. The molecule has 0 spiro atoms. The van der Waals surface area contributed by atoms with Crippen molar-refractivity contribution in [3.05, 3.63) is 65.8 Å². The van der Waals surface area contributed by atoms with Gasteiger partial charge in [0.2, 0.25) is 11.5 Å². The quantitative estimate of drug-likeness (QED) is 0.357. The van der Waals surface area contributed by atoms with Gasteiger partial charge in [-0.15, -0.1) is 0 Å². The number of nitrogens with zero attached hydrogens (tertiary/aromatic N) is 6. The number of nitrogens with one attached hydrogen (secondary N) is 2. The molecule has 0 bridgehead atoms. The van der Waals surface area contributed by atoms with E-state index in [0.29, 0.717) is 52.2 Å². The number of rotatable bonds is 6. The van der Waals surface area contributed by atoms with E-state index in [1.807, 2.05) is 6.92 Å². The molecule has 4 aromatic heterocycles.